The SMILES string of the molecule is O=C(NCc1cccc(C(=O)NCCO)c1)C1=C[C@H]2OCO[C@H]2[C@H](OC(=O)c2cccc(C=CCc3ccccc3O)c2)C1. The summed E-state index contributed by atoms with van der Waals surface area (Å²) >= 11 is 0. The monoisotopic (exact) mass is 598 g/mol. The molecule has 1 saturated heterocycles. The van der Waals surface area contributed by atoms with Crippen LogP contribution in [0.2, 0.25) is 0 Å². The molecule has 0 unspecified atom stereocenters. The standard InChI is InChI=1S/C34H34N2O8/c37-15-14-35-32(39)25-11-5-8-23(17-25)20-36-33(40)27-18-29-31(43-21-42-29)30(19-27)44-34(41)26-12-4-7-22(16-26)6-3-10-24-9-1-2-13-28(24)38/h1-9,11-13,16-18,29-31,37-38H,10,14-15,19-21H2,(H,35,39)(H,36,40)/t29-,30-,31-/m1/s1. The summed E-state index contributed by atoms with van der Waals surface area (Å²) in [4.78, 5) is 38.5. The number of carbonyl (C=O) groups is 3. The van der Waals surface area contributed by atoms with E-state index in [1.807, 2.05) is 30.4 Å². The summed E-state index contributed by atoms with van der Waals surface area (Å²) in [5.41, 5.74) is 3.51. The smallest absolute Gasteiger partial charge is 0.338 e. The van der Waals surface area contributed by atoms with Gasteiger partial charge < -0.3 is 35.1 Å². The van der Waals surface area contributed by atoms with Crippen LogP contribution in [-0.2, 0) is 32.0 Å². The lowest BCUT2D eigenvalue weighted by Gasteiger charge is -2.30. The highest BCUT2D eigenvalue weighted by atomic mass is 16.7. The molecule has 4 N–H and O–H groups in total. The molecule has 3 atom stereocenters. The predicted octanol–water partition coefficient (Wildman–Crippen LogP) is 3.28. The summed E-state index contributed by atoms with van der Waals surface area (Å²) in [6.45, 7) is 0.195. The summed E-state index contributed by atoms with van der Waals surface area (Å²) in [7, 11) is 0. The molecular formula is C34H34N2O8. The van der Waals surface area contributed by atoms with Gasteiger partial charge in [-0.2, -0.15) is 0 Å². The number of ether oxygens (including phenoxy) is 3. The number of carbonyl (C=O) groups excluding carboxylic acids is 3. The number of aliphatic hydroxyl groups excluding tert-OH is 1. The van der Waals surface area contributed by atoms with Gasteiger partial charge in [0.1, 0.15) is 30.9 Å². The third-order valence-electron chi connectivity index (χ3n) is 7.35. The molecule has 44 heavy (non-hydrogen) atoms. The largest absolute Gasteiger partial charge is 0.508 e. The Balaban J connectivity index is 1.20. The van der Waals surface area contributed by atoms with Crippen molar-refractivity contribution in [2.24, 2.45) is 0 Å². The number of allylic oxidation sites excluding steroid dienone is 1. The number of phenolic OH excluding ortho intramolecular Hbond substituents is 1. The quantitative estimate of drug-likeness (QED) is 0.246. The first-order valence-electron chi connectivity index (χ1n) is 14.4. The number of hydrogen-bond acceptors (Lipinski definition) is 8. The highest BCUT2D eigenvalue weighted by Crippen LogP contribution is 2.31. The van der Waals surface area contributed by atoms with Crippen molar-refractivity contribution in [3.63, 3.8) is 0 Å². The fourth-order valence-corrected chi connectivity index (χ4v) is 5.09. The zero-order valence-electron chi connectivity index (χ0n) is 24.0. The molecule has 1 heterocycles. The molecule has 2 amide bonds. The van der Waals surface area contributed by atoms with Crippen LogP contribution in [-0.4, -0.2) is 66.3 Å². The molecule has 0 aromatic heterocycles. The molecule has 1 aliphatic carbocycles. The van der Waals surface area contributed by atoms with Crippen LogP contribution in [0.1, 0.15) is 43.8 Å². The lowest BCUT2D eigenvalue weighted by atomic mass is 9.91. The number of fused-ring (bicyclic) bond motifs is 1. The molecule has 3 aromatic carbocycles. The first kappa shape index (κ1) is 30.7. The maximum Gasteiger partial charge on any atom is 0.338 e. The van der Waals surface area contributed by atoms with Gasteiger partial charge >= 0.3 is 5.97 Å². The minimum atomic E-state index is -0.737. The second-order valence-electron chi connectivity index (χ2n) is 10.4. The molecule has 228 valence electrons. The van der Waals surface area contributed by atoms with Crippen molar-refractivity contribution in [1.29, 1.82) is 0 Å². The van der Waals surface area contributed by atoms with E-state index in [-0.39, 0.29) is 50.5 Å². The maximum atomic E-state index is 13.2. The van der Waals surface area contributed by atoms with Crippen LogP contribution in [0.15, 0.2) is 90.5 Å². The van der Waals surface area contributed by atoms with Crippen LogP contribution < -0.4 is 10.6 Å². The van der Waals surface area contributed by atoms with Gasteiger partial charge in [0.25, 0.3) is 5.91 Å². The number of aliphatic hydroxyl groups is 1. The third kappa shape index (κ3) is 7.78. The van der Waals surface area contributed by atoms with Gasteiger partial charge in [-0.1, -0.05) is 54.6 Å². The number of benzene rings is 3. The Morgan fingerprint density at radius 2 is 1.75 bits per heavy atom. The van der Waals surface area contributed by atoms with Crippen LogP contribution in [0, 0.1) is 0 Å². The van der Waals surface area contributed by atoms with Gasteiger partial charge in [-0.25, -0.2) is 4.79 Å². The minimum absolute atomic E-state index is 0.0250. The molecule has 0 spiro atoms. The number of amides is 2. The Hall–Kier alpha value is -4.77. The van der Waals surface area contributed by atoms with E-state index in [1.54, 1.807) is 60.7 Å². The van der Waals surface area contributed by atoms with E-state index in [9.17, 15) is 19.5 Å². The minimum Gasteiger partial charge on any atom is -0.508 e. The summed E-state index contributed by atoms with van der Waals surface area (Å²) < 4.78 is 17.2. The highest BCUT2D eigenvalue weighted by molar-refractivity contribution is 5.95. The van der Waals surface area contributed by atoms with E-state index in [4.69, 9.17) is 19.3 Å². The van der Waals surface area contributed by atoms with Gasteiger partial charge in [0, 0.05) is 30.6 Å². The number of phenols is 1. The molecule has 5 rings (SSSR count). The number of para-hydroxylation sites is 1. The molecular weight excluding hydrogens is 564 g/mol. The first-order valence-corrected chi connectivity index (χ1v) is 14.4. The molecule has 1 aliphatic heterocycles. The lowest BCUT2D eigenvalue weighted by Crippen LogP contribution is -2.43. The fourth-order valence-electron chi connectivity index (χ4n) is 5.09. The molecule has 10 heteroatoms. The number of hydrogen-bond donors (Lipinski definition) is 4. The Morgan fingerprint density at radius 3 is 2.59 bits per heavy atom. The van der Waals surface area contributed by atoms with E-state index in [0.717, 1.165) is 16.7 Å². The summed E-state index contributed by atoms with van der Waals surface area (Å²) in [6, 6.07) is 21.0. The van der Waals surface area contributed by atoms with Crippen molar-refractivity contribution < 1.29 is 38.8 Å². The number of esters is 1. The van der Waals surface area contributed by atoms with E-state index in [2.05, 4.69) is 10.6 Å². The molecule has 2 aliphatic rings. The van der Waals surface area contributed by atoms with Gasteiger partial charge in [0.2, 0.25) is 5.91 Å². The fraction of sp³-hybridized carbons (Fsp3) is 0.265. The number of nitrogens with one attached hydrogen (secondary N) is 2. The number of rotatable bonds is 11. The Bertz CT molecular complexity index is 1570. The van der Waals surface area contributed by atoms with Crippen molar-refractivity contribution in [2.45, 2.75) is 37.7 Å². The summed E-state index contributed by atoms with van der Waals surface area (Å²) in [5.74, 6) is -0.968. The van der Waals surface area contributed by atoms with Crippen molar-refractivity contribution >= 4 is 23.9 Å². The predicted molar refractivity (Wildman–Crippen MR) is 162 cm³/mol. The van der Waals surface area contributed by atoms with Crippen molar-refractivity contribution in [2.75, 3.05) is 19.9 Å². The van der Waals surface area contributed by atoms with Crippen LogP contribution in [0.4, 0.5) is 0 Å². The van der Waals surface area contributed by atoms with Crippen molar-refractivity contribution in [1.82, 2.24) is 10.6 Å². The maximum absolute atomic E-state index is 13.2. The van der Waals surface area contributed by atoms with Gasteiger partial charge in [-0.15, -0.1) is 0 Å². The molecule has 0 saturated carbocycles. The molecule has 1 fully saturated rings. The van der Waals surface area contributed by atoms with Crippen LogP contribution in [0.25, 0.3) is 6.08 Å². The van der Waals surface area contributed by atoms with Gasteiger partial charge in [0.05, 0.1) is 12.2 Å². The Labute approximate surface area is 255 Å². The zero-order valence-corrected chi connectivity index (χ0v) is 24.0. The molecule has 0 bridgehead atoms. The highest BCUT2D eigenvalue weighted by Gasteiger charge is 2.42. The molecule has 3 aromatic rings. The Kier molecular flexibility index (Phi) is 10.2. The molecule has 10 nitrogen and oxygen atoms in total. The van der Waals surface area contributed by atoms with Gasteiger partial charge in [0.15, 0.2) is 0 Å². The van der Waals surface area contributed by atoms with Crippen molar-refractivity contribution in [3.05, 3.63) is 118 Å². The van der Waals surface area contributed by atoms with Crippen LogP contribution in [0.3, 0.4) is 0 Å². The topological polar surface area (TPSA) is 143 Å². The van der Waals surface area contributed by atoms with Crippen LogP contribution in [0.5, 0.6) is 5.75 Å². The Morgan fingerprint density at radius 1 is 0.932 bits per heavy atom. The van der Waals surface area contributed by atoms with E-state index >= 15 is 0 Å². The van der Waals surface area contributed by atoms with Crippen molar-refractivity contribution in [3.8, 4) is 5.75 Å². The normalized spacial score (nSPS) is 19.2. The van der Waals surface area contributed by atoms with Gasteiger partial charge in [-0.3, -0.25) is 9.59 Å². The van der Waals surface area contributed by atoms with E-state index in [0.29, 0.717) is 23.1 Å². The molecule has 0 radical (unpaired) electrons. The average Bonchev–Trinajstić information content (AvgIpc) is 3.53. The third-order valence-corrected chi connectivity index (χ3v) is 7.35. The first-order chi connectivity index (χ1) is 21.4. The second-order valence-corrected chi connectivity index (χ2v) is 10.4. The average molecular weight is 599 g/mol. The van der Waals surface area contributed by atoms with E-state index < -0.39 is 24.3 Å². The van der Waals surface area contributed by atoms with E-state index in [1.165, 1.54) is 0 Å². The zero-order chi connectivity index (χ0) is 30.9. The second kappa shape index (κ2) is 14.6. The summed E-state index contributed by atoms with van der Waals surface area (Å²) in [5, 5.41) is 24.4. The van der Waals surface area contributed by atoms with Crippen LogP contribution >= 0.6 is 0 Å². The van der Waals surface area contributed by atoms with Gasteiger partial charge in [-0.05, 0) is 59.5 Å². The summed E-state index contributed by atoms with van der Waals surface area (Å²) in [6.07, 6.45) is 4.35. The lowest BCUT2D eigenvalue weighted by molar-refractivity contribution is -0.118. The number of aromatic hydroxyl groups is 1.